The summed E-state index contributed by atoms with van der Waals surface area (Å²) in [6, 6.07) is 13.9. The van der Waals surface area contributed by atoms with Crippen LogP contribution in [0.1, 0.15) is 24.8 Å². The van der Waals surface area contributed by atoms with Crippen LogP contribution in [0.15, 0.2) is 61.1 Å². The molecule has 0 aliphatic carbocycles. The lowest BCUT2D eigenvalue weighted by Crippen LogP contribution is -2.23. The van der Waals surface area contributed by atoms with E-state index in [-0.39, 0.29) is 30.7 Å². The second-order valence-corrected chi connectivity index (χ2v) is 7.19. The van der Waals surface area contributed by atoms with Gasteiger partial charge in [-0.3, -0.25) is 9.78 Å². The molecule has 0 spiro atoms. The van der Waals surface area contributed by atoms with Crippen LogP contribution in [0.3, 0.4) is 0 Å². The second-order valence-electron chi connectivity index (χ2n) is 7.19. The van der Waals surface area contributed by atoms with Crippen molar-refractivity contribution in [3.8, 4) is 16.9 Å². The van der Waals surface area contributed by atoms with E-state index in [1.54, 1.807) is 12.4 Å². The molecule has 30 heavy (non-hydrogen) atoms. The summed E-state index contributed by atoms with van der Waals surface area (Å²) in [6.45, 7) is 2.57. The number of aromatic nitrogens is 3. The molecule has 0 bridgehead atoms. The highest BCUT2D eigenvalue weighted by atomic mass is 35.5. The first-order valence-corrected chi connectivity index (χ1v) is 9.81. The molecule has 1 fully saturated rings. The van der Waals surface area contributed by atoms with E-state index in [1.807, 2.05) is 53.3 Å². The zero-order valence-corrected chi connectivity index (χ0v) is 18.3. The van der Waals surface area contributed by atoms with Gasteiger partial charge in [0.2, 0.25) is 5.91 Å². The largest absolute Gasteiger partial charge is 0.352 e. The SMILES string of the molecule is Cl.Cl.O=C(CCC1CCNC1)NCc1cn(-c2ccccc2)nc1-c1ccncc1. The van der Waals surface area contributed by atoms with Gasteiger partial charge in [0, 0.05) is 42.7 Å². The minimum absolute atomic E-state index is 0. The van der Waals surface area contributed by atoms with Crippen LogP contribution in [0.25, 0.3) is 16.9 Å². The Balaban J connectivity index is 0.00000160. The number of nitrogens with one attached hydrogen (secondary N) is 2. The first-order valence-electron chi connectivity index (χ1n) is 9.81. The predicted molar refractivity (Wildman–Crippen MR) is 123 cm³/mol. The van der Waals surface area contributed by atoms with Gasteiger partial charge >= 0.3 is 0 Å². The summed E-state index contributed by atoms with van der Waals surface area (Å²) in [5.41, 5.74) is 3.84. The first kappa shape index (κ1) is 23.9. The molecule has 1 unspecified atom stereocenters. The Morgan fingerprint density at radius 3 is 2.60 bits per heavy atom. The van der Waals surface area contributed by atoms with Crippen LogP contribution in [0.5, 0.6) is 0 Å². The van der Waals surface area contributed by atoms with Gasteiger partial charge in [-0.25, -0.2) is 4.68 Å². The monoisotopic (exact) mass is 447 g/mol. The molecule has 1 aliphatic heterocycles. The number of hydrogen-bond acceptors (Lipinski definition) is 4. The summed E-state index contributed by atoms with van der Waals surface area (Å²) in [4.78, 5) is 16.4. The van der Waals surface area contributed by atoms with Crippen molar-refractivity contribution in [3.63, 3.8) is 0 Å². The Bertz CT molecular complexity index is 912. The summed E-state index contributed by atoms with van der Waals surface area (Å²) >= 11 is 0. The van der Waals surface area contributed by atoms with Crippen LogP contribution >= 0.6 is 24.8 Å². The fourth-order valence-corrected chi connectivity index (χ4v) is 3.58. The Labute approximate surface area is 189 Å². The minimum Gasteiger partial charge on any atom is -0.352 e. The summed E-state index contributed by atoms with van der Waals surface area (Å²) in [5, 5.41) is 11.2. The number of amides is 1. The van der Waals surface area contributed by atoms with E-state index in [2.05, 4.69) is 15.6 Å². The van der Waals surface area contributed by atoms with Crippen LogP contribution in [0, 0.1) is 5.92 Å². The van der Waals surface area contributed by atoms with Crippen molar-refractivity contribution < 1.29 is 4.79 Å². The lowest BCUT2D eigenvalue weighted by Gasteiger charge is -2.09. The molecule has 0 saturated carbocycles. The number of pyridine rings is 1. The second kappa shape index (κ2) is 11.7. The molecule has 6 nitrogen and oxygen atoms in total. The van der Waals surface area contributed by atoms with Gasteiger partial charge in [-0.05, 0) is 56.1 Å². The van der Waals surface area contributed by atoms with E-state index in [9.17, 15) is 4.79 Å². The Morgan fingerprint density at radius 1 is 1.13 bits per heavy atom. The van der Waals surface area contributed by atoms with Gasteiger partial charge in [0.05, 0.1) is 11.4 Å². The van der Waals surface area contributed by atoms with Crippen molar-refractivity contribution in [2.24, 2.45) is 5.92 Å². The van der Waals surface area contributed by atoms with Gasteiger partial charge in [0.1, 0.15) is 0 Å². The maximum Gasteiger partial charge on any atom is 0.220 e. The van der Waals surface area contributed by atoms with Gasteiger partial charge in [0.15, 0.2) is 0 Å². The van der Waals surface area contributed by atoms with E-state index in [4.69, 9.17) is 5.10 Å². The zero-order valence-electron chi connectivity index (χ0n) is 16.7. The number of benzene rings is 1. The molecule has 8 heteroatoms. The number of carbonyl (C=O) groups excluding carboxylic acids is 1. The van der Waals surface area contributed by atoms with Gasteiger partial charge in [-0.15, -0.1) is 24.8 Å². The standard InChI is InChI=1S/C22H25N5O.2ClH/c28-21(7-6-17-8-11-24-14-17)25-15-19-16-27(20-4-2-1-3-5-20)26-22(19)18-9-12-23-13-10-18;;/h1-5,9-10,12-13,16-17,24H,6-8,11,14-15H2,(H,25,28);2*1H. The normalized spacial score (nSPS) is 15.1. The molecule has 3 aromatic rings. The molecule has 3 heterocycles. The molecule has 4 rings (SSSR count). The Hall–Kier alpha value is -2.41. The van der Waals surface area contributed by atoms with E-state index >= 15 is 0 Å². The minimum atomic E-state index is 0. The summed E-state index contributed by atoms with van der Waals surface area (Å²) < 4.78 is 1.86. The van der Waals surface area contributed by atoms with Gasteiger partial charge in [-0.1, -0.05) is 18.2 Å². The molecule has 1 aliphatic rings. The smallest absolute Gasteiger partial charge is 0.220 e. The maximum absolute atomic E-state index is 12.3. The topological polar surface area (TPSA) is 71.8 Å². The quantitative estimate of drug-likeness (QED) is 0.577. The lowest BCUT2D eigenvalue weighted by atomic mass is 10.0. The molecule has 0 radical (unpaired) electrons. The molecule has 1 amide bonds. The predicted octanol–water partition coefficient (Wildman–Crippen LogP) is 3.78. The van der Waals surface area contributed by atoms with Crippen molar-refractivity contribution in [3.05, 3.63) is 66.6 Å². The van der Waals surface area contributed by atoms with E-state index in [0.29, 0.717) is 18.9 Å². The van der Waals surface area contributed by atoms with Crippen LogP contribution < -0.4 is 10.6 Å². The number of halogens is 2. The van der Waals surface area contributed by atoms with Gasteiger partial charge in [0.25, 0.3) is 0 Å². The van der Waals surface area contributed by atoms with Gasteiger partial charge in [-0.2, -0.15) is 5.10 Å². The molecular weight excluding hydrogens is 421 g/mol. The molecule has 1 aromatic carbocycles. The summed E-state index contributed by atoms with van der Waals surface area (Å²) in [5.74, 6) is 0.721. The fraction of sp³-hybridized carbons (Fsp3) is 0.318. The van der Waals surface area contributed by atoms with Crippen molar-refractivity contribution in [2.75, 3.05) is 13.1 Å². The number of nitrogens with zero attached hydrogens (tertiary/aromatic N) is 3. The highest BCUT2D eigenvalue weighted by Crippen LogP contribution is 2.23. The third-order valence-electron chi connectivity index (χ3n) is 5.18. The van der Waals surface area contributed by atoms with E-state index < -0.39 is 0 Å². The molecule has 1 atom stereocenters. The van der Waals surface area contributed by atoms with Crippen molar-refractivity contribution >= 4 is 30.7 Å². The van der Waals surface area contributed by atoms with Gasteiger partial charge < -0.3 is 10.6 Å². The number of para-hydroxylation sites is 1. The number of rotatable bonds is 7. The Morgan fingerprint density at radius 2 is 1.90 bits per heavy atom. The van der Waals surface area contributed by atoms with Crippen molar-refractivity contribution in [2.45, 2.75) is 25.8 Å². The average molecular weight is 448 g/mol. The molecule has 2 aromatic heterocycles. The van der Waals surface area contributed by atoms with Crippen molar-refractivity contribution in [1.82, 2.24) is 25.4 Å². The average Bonchev–Trinajstić information content (AvgIpc) is 3.42. The molecule has 2 N–H and O–H groups in total. The highest BCUT2D eigenvalue weighted by molar-refractivity contribution is 5.85. The van der Waals surface area contributed by atoms with Crippen LogP contribution in [0.2, 0.25) is 0 Å². The van der Waals surface area contributed by atoms with E-state index in [0.717, 1.165) is 42.0 Å². The molecular formula is C22H27Cl2N5O. The summed E-state index contributed by atoms with van der Waals surface area (Å²) in [7, 11) is 0. The fourth-order valence-electron chi connectivity index (χ4n) is 3.58. The Kier molecular flexibility index (Phi) is 9.30. The number of carbonyl (C=O) groups is 1. The third kappa shape index (κ3) is 6.05. The zero-order chi connectivity index (χ0) is 19.2. The highest BCUT2D eigenvalue weighted by Gasteiger charge is 2.17. The van der Waals surface area contributed by atoms with Crippen LogP contribution in [0.4, 0.5) is 0 Å². The maximum atomic E-state index is 12.3. The van der Waals surface area contributed by atoms with Crippen LogP contribution in [-0.2, 0) is 11.3 Å². The number of hydrogen-bond donors (Lipinski definition) is 2. The summed E-state index contributed by atoms with van der Waals surface area (Å²) in [6.07, 6.45) is 8.20. The molecule has 160 valence electrons. The first-order chi connectivity index (χ1) is 13.8. The van der Waals surface area contributed by atoms with E-state index in [1.165, 1.54) is 6.42 Å². The third-order valence-corrected chi connectivity index (χ3v) is 5.18. The lowest BCUT2D eigenvalue weighted by molar-refractivity contribution is -0.121. The van der Waals surface area contributed by atoms with Crippen molar-refractivity contribution in [1.29, 1.82) is 0 Å². The molecule has 1 saturated heterocycles. The van der Waals surface area contributed by atoms with Crippen LogP contribution in [-0.4, -0.2) is 33.8 Å².